The summed E-state index contributed by atoms with van der Waals surface area (Å²) < 4.78 is 13.7. The van der Waals surface area contributed by atoms with E-state index >= 15 is 0 Å². The van der Waals surface area contributed by atoms with E-state index in [4.69, 9.17) is 5.11 Å². The Kier molecular flexibility index (Phi) is 1.85. The lowest BCUT2D eigenvalue weighted by atomic mass is 9.93. The zero-order valence-corrected chi connectivity index (χ0v) is 8.92. The maximum Gasteiger partial charge on any atom is 0.314 e. The average Bonchev–Trinajstić information content (AvgIpc) is 2.97. The molecule has 2 N–H and O–H groups in total. The lowest BCUT2D eigenvalue weighted by Gasteiger charge is -2.12. The number of nitrogens with one attached hydrogen (secondary N) is 1. The van der Waals surface area contributed by atoms with Crippen LogP contribution in [0.4, 0.5) is 10.1 Å². The van der Waals surface area contributed by atoms with Crippen LogP contribution in [0.2, 0.25) is 0 Å². The number of carboxylic acid groups (broad SMARTS) is 1. The van der Waals surface area contributed by atoms with Crippen LogP contribution in [-0.2, 0) is 21.4 Å². The first kappa shape index (κ1) is 10.3. The second-order valence-corrected chi connectivity index (χ2v) is 4.60. The molecule has 0 atom stereocenters. The predicted molar refractivity (Wildman–Crippen MR) is 57.3 cm³/mol. The van der Waals surface area contributed by atoms with Gasteiger partial charge in [-0.1, -0.05) is 6.07 Å². The molecule has 0 bridgehead atoms. The molecule has 1 aliphatic heterocycles. The van der Waals surface area contributed by atoms with Crippen LogP contribution in [0.15, 0.2) is 12.1 Å². The van der Waals surface area contributed by atoms with Crippen molar-refractivity contribution in [3.05, 3.63) is 29.1 Å². The highest BCUT2D eigenvalue weighted by atomic mass is 19.1. The molecule has 1 aliphatic carbocycles. The fourth-order valence-electron chi connectivity index (χ4n) is 2.33. The van der Waals surface area contributed by atoms with Crippen LogP contribution in [0, 0.1) is 5.82 Å². The van der Waals surface area contributed by atoms with E-state index in [-0.39, 0.29) is 18.0 Å². The molecule has 1 amide bonds. The van der Waals surface area contributed by atoms with Crippen LogP contribution in [0.1, 0.15) is 24.0 Å². The van der Waals surface area contributed by atoms with Gasteiger partial charge in [0.2, 0.25) is 5.91 Å². The molecule has 0 spiro atoms. The Morgan fingerprint density at radius 2 is 2.12 bits per heavy atom. The van der Waals surface area contributed by atoms with E-state index in [1.807, 2.05) is 0 Å². The smallest absolute Gasteiger partial charge is 0.314 e. The van der Waals surface area contributed by atoms with Crippen molar-refractivity contribution >= 4 is 17.6 Å². The van der Waals surface area contributed by atoms with E-state index in [0.717, 1.165) is 0 Å². The van der Waals surface area contributed by atoms with Crippen molar-refractivity contribution in [3.8, 4) is 0 Å². The minimum Gasteiger partial charge on any atom is -0.481 e. The highest BCUT2D eigenvalue weighted by Gasteiger charge is 2.52. The Labute approximate surface area is 96.4 Å². The summed E-state index contributed by atoms with van der Waals surface area (Å²) in [4.78, 5) is 22.3. The fraction of sp³-hybridized carbons (Fsp3) is 0.333. The summed E-state index contributed by atoms with van der Waals surface area (Å²) >= 11 is 0. The van der Waals surface area contributed by atoms with Gasteiger partial charge in [0, 0.05) is 0 Å². The minimum atomic E-state index is -0.929. The summed E-state index contributed by atoms with van der Waals surface area (Å²) in [7, 11) is 0. The van der Waals surface area contributed by atoms with Crippen LogP contribution >= 0.6 is 0 Å². The molecule has 88 valence electrons. The number of hydrogen-bond donors (Lipinski definition) is 2. The van der Waals surface area contributed by atoms with Gasteiger partial charge in [-0.15, -0.1) is 0 Å². The molecule has 0 unspecified atom stereocenters. The third-order valence-corrected chi connectivity index (χ3v) is 3.50. The first-order valence-corrected chi connectivity index (χ1v) is 5.39. The summed E-state index contributed by atoms with van der Waals surface area (Å²) in [6, 6.07) is 2.86. The summed E-state index contributed by atoms with van der Waals surface area (Å²) in [5.41, 5.74) is 0.289. The maximum absolute atomic E-state index is 13.7. The molecule has 0 aromatic heterocycles. The summed E-state index contributed by atoms with van der Waals surface area (Å²) in [5, 5.41) is 11.6. The van der Waals surface area contributed by atoms with Gasteiger partial charge in [-0.05, 0) is 30.0 Å². The van der Waals surface area contributed by atoms with Crippen molar-refractivity contribution in [2.75, 3.05) is 5.32 Å². The van der Waals surface area contributed by atoms with Crippen LogP contribution < -0.4 is 5.32 Å². The Balaban J connectivity index is 2.10. The monoisotopic (exact) mass is 235 g/mol. The Bertz CT molecular complexity index is 549. The quantitative estimate of drug-likeness (QED) is 0.815. The van der Waals surface area contributed by atoms with Crippen molar-refractivity contribution in [1.29, 1.82) is 0 Å². The number of carboxylic acids is 1. The molecule has 4 nitrogen and oxygen atoms in total. The lowest BCUT2D eigenvalue weighted by Crippen LogP contribution is -2.19. The van der Waals surface area contributed by atoms with E-state index in [1.165, 1.54) is 6.07 Å². The minimum absolute atomic E-state index is 0.121. The van der Waals surface area contributed by atoms with Gasteiger partial charge >= 0.3 is 5.97 Å². The number of carbonyl (C=O) groups is 2. The van der Waals surface area contributed by atoms with Crippen LogP contribution in [0.25, 0.3) is 0 Å². The summed E-state index contributed by atoms with van der Waals surface area (Å²) in [6.45, 7) is 0. The highest BCUT2D eigenvalue weighted by molar-refractivity contribution is 5.99. The van der Waals surface area contributed by atoms with E-state index in [9.17, 15) is 14.0 Å². The van der Waals surface area contributed by atoms with Crippen LogP contribution in [0.5, 0.6) is 0 Å². The molecule has 1 aromatic carbocycles. The predicted octanol–water partition coefficient (Wildman–Crippen LogP) is 1.44. The number of hydrogen-bond acceptors (Lipinski definition) is 2. The SMILES string of the molecule is O=C1Cc2cc(C3(C(=O)O)CC3)cc(F)c2N1. The van der Waals surface area contributed by atoms with E-state index in [0.29, 0.717) is 24.0 Å². The average molecular weight is 235 g/mol. The van der Waals surface area contributed by atoms with Gasteiger partial charge in [0.25, 0.3) is 0 Å². The van der Waals surface area contributed by atoms with Crippen LogP contribution in [0.3, 0.4) is 0 Å². The lowest BCUT2D eigenvalue weighted by molar-refractivity contribution is -0.140. The molecule has 3 rings (SSSR count). The van der Waals surface area contributed by atoms with Crippen LogP contribution in [-0.4, -0.2) is 17.0 Å². The number of anilines is 1. The third kappa shape index (κ3) is 1.35. The first-order valence-electron chi connectivity index (χ1n) is 5.39. The van der Waals surface area contributed by atoms with E-state index in [1.54, 1.807) is 6.07 Å². The van der Waals surface area contributed by atoms with Gasteiger partial charge in [0.15, 0.2) is 0 Å². The Morgan fingerprint density at radius 3 is 2.71 bits per heavy atom. The second kappa shape index (κ2) is 3.06. The number of rotatable bonds is 2. The Morgan fingerprint density at radius 1 is 1.41 bits per heavy atom. The summed E-state index contributed by atoms with van der Waals surface area (Å²) in [5.74, 6) is -1.72. The molecule has 2 aliphatic rings. The van der Waals surface area contributed by atoms with Gasteiger partial charge in [0.05, 0.1) is 17.5 Å². The molecule has 1 fully saturated rings. The summed E-state index contributed by atoms with van der Waals surface area (Å²) in [6.07, 6.45) is 1.18. The number of amides is 1. The molecule has 0 radical (unpaired) electrons. The second-order valence-electron chi connectivity index (χ2n) is 4.60. The van der Waals surface area contributed by atoms with Gasteiger partial charge in [-0.2, -0.15) is 0 Å². The standard InChI is InChI=1S/C12H10FNO3/c13-8-5-7(12(1-2-12)11(16)17)3-6-4-9(15)14-10(6)8/h3,5H,1-2,4H2,(H,14,15)(H,16,17). The van der Waals surface area contributed by atoms with Gasteiger partial charge in [-0.25, -0.2) is 4.39 Å². The van der Waals surface area contributed by atoms with Crippen molar-refractivity contribution in [2.45, 2.75) is 24.7 Å². The number of carbonyl (C=O) groups excluding carboxylic acids is 1. The zero-order valence-electron chi connectivity index (χ0n) is 8.92. The largest absolute Gasteiger partial charge is 0.481 e. The molecule has 1 aromatic rings. The molecule has 1 saturated carbocycles. The molecular weight excluding hydrogens is 225 g/mol. The van der Waals surface area contributed by atoms with Gasteiger partial charge < -0.3 is 10.4 Å². The first-order chi connectivity index (χ1) is 8.03. The number of aliphatic carboxylic acids is 1. The number of benzene rings is 1. The molecule has 0 saturated heterocycles. The molecule has 1 heterocycles. The molecule has 5 heteroatoms. The van der Waals surface area contributed by atoms with E-state index < -0.39 is 17.2 Å². The maximum atomic E-state index is 13.7. The van der Waals surface area contributed by atoms with Crippen molar-refractivity contribution in [1.82, 2.24) is 0 Å². The fourth-order valence-corrected chi connectivity index (χ4v) is 2.33. The van der Waals surface area contributed by atoms with Gasteiger partial charge in [-0.3, -0.25) is 9.59 Å². The topological polar surface area (TPSA) is 66.4 Å². The number of halogens is 1. The van der Waals surface area contributed by atoms with E-state index in [2.05, 4.69) is 5.32 Å². The zero-order chi connectivity index (χ0) is 12.2. The Hall–Kier alpha value is -1.91. The van der Waals surface area contributed by atoms with Crippen molar-refractivity contribution in [2.24, 2.45) is 0 Å². The molecule has 17 heavy (non-hydrogen) atoms. The highest BCUT2D eigenvalue weighted by Crippen LogP contribution is 2.49. The van der Waals surface area contributed by atoms with Crippen molar-refractivity contribution < 1.29 is 19.1 Å². The normalized spacial score (nSPS) is 19.7. The number of fused-ring (bicyclic) bond motifs is 1. The van der Waals surface area contributed by atoms with Gasteiger partial charge in [0.1, 0.15) is 5.82 Å². The van der Waals surface area contributed by atoms with Crippen molar-refractivity contribution in [3.63, 3.8) is 0 Å². The third-order valence-electron chi connectivity index (χ3n) is 3.50. The molecular formula is C12H10FNO3.